The standard InChI is InChI=1S/C17H15NOS3/c19-22(15-9-5-2-6-10-15)12-11-20-17-18-16(13-21-17)14-7-3-1-4-8-14/h1-10,13H,11-12H2. The SMILES string of the molecule is O=S(CCSc1nc(-c2ccccc2)cs1)c1ccccc1. The van der Waals surface area contributed by atoms with Gasteiger partial charge in [-0.05, 0) is 12.1 Å². The van der Waals surface area contributed by atoms with Gasteiger partial charge in [0.15, 0.2) is 4.34 Å². The number of thioether (sulfide) groups is 1. The van der Waals surface area contributed by atoms with E-state index in [9.17, 15) is 4.21 Å². The van der Waals surface area contributed by atoms with Crippen molar-refractivity contribution in [3.8, 4) is 11.3 Å². The van der Waals surface area contributed by atoms with Crippen molar-refractivity contribution in [2.24, 2.45) is 0 Å². The van der Waals surface area contributed by atoms with Crippen LogP contribution in [-0.2, 0) is 10.8 Å². The zero-order valence-electron chi connectivity index (χ0n) is 11.8. The van der Waals surface area contributed by atoms with Gasteiger partial charge >= 0.3 is 0 Å². The molecule has 1 heterocycles. The van der Waals surface area contributed by atoms with Gasteiger partial charge in [0.1, 0.15) is 0 Å². The number of aromatic nitrogens is 1. The molecule has 0 aliphatic rings. The van der Waals surface area contributed by atoms with E-state index in [0.717, 1.165) is 26.2 Å². The molecule has 22 heavy (non-hydrogen) atoms. The maximum Gasteiger partial charge on any atom is 0.150 e. The summed E-state index contributed by atoms with van der Waals surface area (Å²) in [5, 5.41) is 2.08. The summed E-state index contributed by atoms with van der Waals surface area (Å²) in [5.74, 6) is 1.46. The predicted molar refractivity (Wildman–Crippen MR) is 96.0 cm³/mol. The normalized spacial score (nSPS) is 12.2. The summed E-state index contributed by atoms with van der Waals surface area (Å²) in [4.78, 5) is 5.53. The summed E-state index contributed by atoms with van der Waals surface area (Å²) in [6.45, 7) is 0. The zero-order chi connectivity index (χ0) is 15.2. The van der Waals surface area contributed by atoms with Gasteiger partial charge < -0.3 is 0 Å². The summed E-state index contributed by atoms with van der Waals surface area (Å²) in [6.07, 6.45) is 0. The first-order valence-corrected chi connectivity index (χ1v) is 10.1. The van der Waals surface area contributed by atoms with Crippen LogP contribution in [0.2, 0.25) is 0 Å². The molecule has 0 bridgehead atoms. The Bertz CT molecular complexity index is 741. The second-order valence-electron chi connectivity index (χ2n) is 4.58. The van der Waals surface area contributed by atoms with E-state index in [1.807, 2.05) is 48.5 Å². The fourth-order valence-electron chi connectivity index (χ4n) is 1.96. The number of hydrogen-bond donors (Lipinski definition) is 0. The van der Waals surface area contributed by atoms with Gasteiger partial charge in [0.2, 0.25) is 0 Å². The van der Waals surface area contributed by atoms with Gasteiger partial charge in [0, 0.05) is 27.3 Å². The molecule has 1 aromatic heterocycles. The van der Waals surface area contributed by atoms with Crippen molar-refractivity contribution in [1.82, 2.24) is 4.98 Å². The third-order valence-corrected chi connectivity index (χ3v) is 6.71. The molecule has 2 aromatic carbocycles. The minimum Gasteiger partial charge on any atom is -0.254 e. The van der Waals surface area contributed by atoms with Crippen LogP contribution in [0.1, 0.15) is 0 Å². The van der Waals surface area contributed by atoms with Crippen LogP contribution in [0.4, 0.5) is 0 Å². The van der Waals surface area contributed by atoms with E-state index in [1.54, 1.807) is 23.1 Å². The first kappa shape index (κ1) is 15.5. The van der Waals surface area contributed by atoms with Crippen molar-refractivity contribution in [2.75, 3.05) is 11.5 Å². The van der Waals surface area contributed by atoms with Gasteiger partial charge in [0.05, 0.1) is 16.5 Å². The fourth-order valence-corrected chi connectivity index (χ4v) is 5.15. The van der Waals surface area contributed by atoms with Crippen LogP contribution in [0.5, 0.6) is 0 Å². The lowest BCUT2D eigenvalue weighted by Gasteiger charge is -2.00. The average molecular weight is 346 g/mol. The van der Waals surface area contributed by atoms with Crippen LogP contribution in [0.3, 0.4) is 0 Å². The van der Waals surface area contributed by atoms with E-state index in [1.165, 1.54) is 0 Å². The Kier molecular flexibility index (Phi) is 5.43. The van der Waals surface area contributed by atoms with Crippen molar-refractivity contribution in [3.05, 3.63) is 66.0 Å². The molecule has 0 aliphatic heterocycles. The minimum absolute atomic E-state index is 0.648. The zero-order valence-corrected chi connectivity index (χ0v) is 14.3. The van der Waals surface area contributed by atoms with E-state index in [-0.39, 0.29) is 0 Å². The molecular weight excluding hydrogens is 330 g/mol. The third kappa shape index (κ3) is 4.06. The van der Waals surface area contributed by atoms with E-state index in [4.69, 9.17) is 0 Å². The van der Waals surface area contributed by atoms with Crippen LogP contribution >= 0.6 is 23.1 Å². The molecule has 5 heteroatoms. The molecule has 0 amide bonds. The molecule has 3 aromatic rings. The topological polar surface area (TPSA) is 30.0 Å². The summed E-state index contributed by atoms with van der Waals surface area (Å²) in [5.41, 5.74) is 2.15. The second kappa shape index (κ2) is 7.72. The van der Waals surface area contributed by atoms with Crippen LogP contribution in [0.15, 0.2) is 75.3 Å². The molecule has 3 rings (SSSR count). The predicted octanol–water partition coefficient (Wildman–Crippen LogP) is 4.71. The van der Waals surface area contributed by atoms with E-state index < -0.39 is 10.8 Å². The maximum absolute atomic E-state index is 12.1. The van der Waals surface area contributed by atoms with Crippen LogP contribution in [0, 0.1) is 0 Å². The Morgan fingerprint density at radius 3 is 2.41 bits per heavy atom. The largest absolute Gasteiger partial charge is 0.254 e. The Morgan fingerprint density at radius 2 is 1.68 bits per heavy atom. The lowest BCUT2D eigenvalue weighted by molar-refractivity contribution is 0.684. The van der Waals surface area contributed by atoms with Gasteiger partial charge in [-0.3, -0.25) is 4.21 Å². The minimum atomic E-state index is -0.930. The molecule has 0 radical (unpaired) electrons. The summed E-state index contributed by atoms with van der Waals surface area (Å²) in [6, 6.07) is 19.8. The highest BCUT2D eigenvalue weighted by atomic mass is 32.2. The van der Waals surface area contributed by atoms with E-state index >= 15 is 0 Å². The quantitative estimate of drug-likeness (QED) is 0.606. The molecular formula is C17H15NOS3. The van der Waals surface area contributed by atoms with Gasteiger partial charge in [-0.15, -0.1) is 11.3 Å². The monoisotopic (exact) mass is 345 g/mol. The number of benzene rings is 2. The Hall–Kier alpha value is -1.43. The van der Waals surface area contributed by atoms with Gasteiger partial charge in [-0.2, -0.15) is 0 Å². The smallest absolute Gasteiger partial charge is 0.150 e. The molecule has 0 N–H and O–H groups in total. The highest BCUT2D eigenvalue weighted by molar-refractivity contribution is 8.01. The Labute approximate surface area is 141 Å². The molecule has 0 fully saturated rings. The van der Waals surface area contributed by atoms with E-state index in [2.05, 4.69) is 22.5 Å². The molecule has 0 aliphatic carbocycles. The maximum atomic E-state index is 12.1. The lowest BCUT2D eigenvalue weighted by Crippen LogP contribution is -2.00. The van der Waals surface area contributed by atoms with Crippen molar-refractivity contribution in [3.63, 3.8) is 0 Å². The van der Waals surface area contributed by atoms with Gasteiger partial charge in [-0.1, -0.05) is 60.3 Å². The fraction of sp³-hybridized carbons (Fsp3) is 0.118. The number of nitrogens with zero attached hydrogens (tertiary/aromatic N) is 1. The van der Waals surface area contributed by atoms with Crippen molar-refractivity contribution >= 4 is 33.9 Å². The molecule has 0 saturated carbocycles. The summed E-state index contributed by atoms with van der Waals surface area (Å²) in [7, 11) is -0.930. The number of thiazole rings is 1. The first-order valence-electron chi connectivity index (χ1n) is 6.90. The highest BCUT2D eigenvalue weighted by Gasteiger charge is 2.07. The van der Waals surface area contributed by atoms with Gasteiger partial charge in [-0.25, -0.2) is 4.98 Å². The number of hydrogen-bond acceptors (Lipinski definition) is 4. The average Bonchev–Trinajstić information content (AvgIpc) is 3.05. The second-order valence-corrected chi connectivity index (χ2v) is 8.35. The molecule has 1 unspecified atom stereocenters. The highest BCUT2D eigenvalue weighted by Crippen LogP contribution is 2.28. The molecule has 0 saturated heterocycles. The first-order chi connectivity index (χ1) is 10.8. The van der Waals surface area contributed by atoms with Crippen LogP contribution in [0.25, 0.3) is 11.3 Å². The third-order valence-electron chi connectivity index (χ3n) is 3.05. The molecule has 1 atom stereocenters. The Balaban J connectivity index is 1.55. The summed E-state index contributed by atoms with van der Waals surface area (Å²) >= 11 is 3.32. The Morgan fingerprint density at radius 1 is 1.00 bits per heavy atom. The van der Waals surface area contributed by atoms with Crippen molar-refractivity contribution < 1.29 is 4.21 Å². The van der Waals surface area contributed by atoms with Gasteiger partial charge in [0.25, 0.3) is 0 Å². The van der Waals surface area contributed by atoms with Crippen molar-refractivity contribution in [1.29, 1.82) is 0 Å². The van der Waals surface area contributed by atoms with Crippen LogP contribution < -0.4 is 0 Å². The number of rotatable bonds is 6. The van der Waals surface area contributed by atoms with Crippen LogP contribution in [-0.4, -0.2) is 20.7 Å². The molecule has 2 nitrogen and oxygen atoms in total. The molecule has 112 valence electrons. The van der Waals surface area contributed by atoms with Crippen molar-refractivity contribution in [2.45, 2.75) is 9.24 Å². The summed E-state index contributed by atoms with van der Waals surface area (Å²) < 4.78 is 13.2. The molecule has 0 spiro atoms. The van der Waals surface area contributed by atoms with E-state index in [0.29, 0.717) is 5.75 Å². The lowest BCUT2D eigenvalue weighted by atomic mass is 10.2.